The first-order valence-corrected chi connectivity index (χ1v) is 11.8. The predicted octanol–water partition coefficient (Wildman–Crippen LogP) is 6.84. The Morgan fingerprint density at radius 1 is 1.12 bits per heavy atom. The summed E-state index contributed by atoms with van der Waals surface area (Å²) in [5.74, 6) is -0.411. The predicted molar refractivity (Wildman–Crippen MR) is 143 cm³/mol. The van der Waals surface area contributed by atoms with Crippen molar-refractivity contribution in [1.29, 1.82) is 0 Å². The van der Waals surface area contributed by atoms with Gasteiger partial charge in [0.15, 0.2) is 0 Å². The molecule has 3 rings (SSSR count). The molecule has 0 unspecified atom stereocenters. The number of halogens is 1. The minimum atomic E-state index is -0.411. The summed E-state index contributed by atoms with van der Waals surface area (Å²) in [4.78, 5) is 7.00. The molecule has 0 spiro atoms. The van der Waals surface area contributed by atoms with Gasteiger partial charge in [0.1, 0.15) is 5.83 Å². The number of nitrogens with zero attached hydrogens (tertiary/aromatic N) is 2. The standard InChI is InChI=1S/C29H35FN4/c1-6-11-27(30)28(7-2)33-22(4)21(3)26-17-24(12-13-29(26)31-5)25-16-23(18-32-19-25)20-34-14-9-8-10-15-34/h6-7,11-13,16-19,31,33H,1,3-4,8-10,14-15,20H2,2,5H3/b27-11+,28-7+. The van der Waals surface area contributed by atoms with Gasteiger partial charge in [-0.3, -0.25) is 9.88 Å². The Hall–Kier alpha value is -3.44. The fourth-order valence-electron chi connectivity index (χ4n) is 4.16. The molecule has 2 aromatic rings. The number of rotatable bonds is 10. The number of benzene rings is 1. The van der Waals surface area contributed by atoms with Gasteiger partial charge in [-0.05, 0) is 73.8 Å². The molecule has 34 heavy (non-hydrogen) atoms. The molecular weight excluding hydrogens is 423 g/mol. The van der Waals surface area contributed by atoms with Crippen molar-refractivity contribution in [1.82, 2.24) is 15.2 Å². The van der Waals surface area contributed by atoms with Crippen LogP contribution in [0.1, 0.15) is 37.3 Å². The van der Waals surface area contributed by atoms with Gasteiger partial charge in [-0.1, -0.05) is 44.4 Å². The van der Waals surface area contributed by atoms with Crippen LogP contribution in [0.3, 0.4) is 0 Å². The number of piperidine rings is 1. The minimum absolute atomic E-state index is 0.322. The third-order valence-corrected chi connectivity index (χ3v) is 6.06. The Bertz CT molecular complexity index is 1110. The minimum Gasteiger partial charge on any atom is -0.388 e. The monoisotopic (exact) mass is 458 g/mol. The smallest absolute Gasteiger partial charge is 0.146 e. The number of allylic oxidation sites excluding steroid dienone is 5. The average Bonchev–Trinajstić information content (AvgIpc) is 2.87. The molecule has 0 aliphatic carbocycles. The number of nitrogens with one attached hydrogen (secondary N) is 2. The van der Waals surface area contributed by atoms with E-state index in [-0.39, 0.29) is 0 Å². The van der Waals surface area contributed by atoms with E-state index in [2.05, 4.69) is 58.5 Å². The van der Waals surface area contributed by atoms with Crippen LogP contribution >= 0.6 is 0 Å². The highest BCUT2D eigenvalue weighted by molar-refractivity contribution is 5.86. The van der Waals surface area contributed by atoms with E-state index in [0.29, 0.717) is 17.0 Å². The zero-order valence-electron chi connectivity index (χ0n) is 20.3. The molecule has 0 amide bonds. The van der Waals surface area contributed by atoms with Gasteiger partial charge in [0.2, 0.25) is 0 Å². The van der Waals surface area contributed by atoms with Crippen molar-refractivity contribution in [2.45, 2.75) is 32.7 Å². The van der Waals surface area contributed by atoms with Crippen molar-refractivity contribution in [3.8, 4) is 11.1 Å². The third-order valence-electron chi connectivity index (χ3n) is 6.06. The van der Waals surface area contributed by atoms with Gasteiger partial charge >= 0.3 is 0 Å². The Labute approximate surface area is 203 Å². The highest BCUT2D eigenvalue weighted by Gasteiger charge is 2.14. The quantitative estimate of drug-likeness (QED) is 0.383. The molecule has 1 aliphatic heterocycles. The van der Waals surface area contributed by atoms with E-state index < -0.39 is 5.83 Å². The molecule has 1 aromatic heterocycles. The van der Waals surface area contributed by atoms with Crippen LogP contribution in [0.15, 0.2) is 91.8 Å². The number of aromatic nitrogens is 1. The van der Waals surface area contributed by atoms with E-state index in [0.717, 1.165) is 42.0 Å². The summed E-state index contributed by atoms with van der Waals surface area (Å²) in [5.41, 5.74) is 6.63. The Morgan fingerprint density at radius 3 is 2.56 bits per heavy atom. The lowest BCUT2D eigenvalue weighted by atomic mass is 9.96. The van der Waals surface area contributed by atoms with E-state index in [1.807, 2.05) is 25.5 Å². The van der Waals surface area contributed by atoms with Crippen LogP contribution in [0.4, 0.5) is 10.1 Å². The van der Waals surface area contributed by atoms with Crippen LogP contribution in [0, 0.1) is 0 Å². The van der Waals surface area contributed by atoms with Gasteiger partial charge in [-0.25, -0.2) is 4.39 Å². The van der Waals surface area contributed by atoms with Crippen LogP contribution in [-0.2, 0) is 6.54 Å². The summed E-state index contributed by atoms with van der Waals surface area (Å²) in [6, 6.07) is 8.39. The van der Waals surface area contributed by atoms with Crippen LogP contribution in [-0.4, -0.2) is 30.0 Å². The maximum absolute atomic E-state index is 14.3. The van der Waals surface area contributed by atoms with E-state index in [9.17, 15) is 4.39 Å². The number of hydrogen-bond donors (Lipinski definition) is 2. The fourth-order valence-corrected chi connectivity index (χ4v) is 4.16. The molecular formula is C29H35FN4. The lowest BCUT2D eigenvalue weighted by Gasteiger charge is -2.26. The SMILES string of the molecule is C=C/C=C(F)\C(=C/C)NC(=C)C(=C)c1cc(-c2cncc(CN3CCCCC3)c2)ccc1NC. The maximum atomic E-state index is 14.3. The van der Waals surface area contributed by atoms with Gasteiger partial charge in [0.05, 0.1) is 5.70 Å². The fraction of sp³-hybridized carbons (Fsp3) is 0.276. The zero-order chi connectivity index (χ0) is 24.5. The summed E-state index contributed by atoms with van der Waals surface area (Å²) in [6.45, 7) is 16.9. The summed E-state index contributed by atoms with van der Waals surface area (Å²) >= 11 is 0. The van der Waals surface area contributed by atoms with Crippen molar-refractivity contribution in [3.63, 3.8) is 0 Å². The number of likely N-dealkylation sites (tertiary alicyclic amines) is 1. The van der Waals surface area contributed by atoms with Crippen LogP contribution in [0.2, 0.25) is 0 Å². The van der Waals surface area contributed by atoms with Gasteiger partial charge in [-0.15, -0.1) is 0 Å². The molecule has 1 fully saturated rings. The van der Waals surface area contributed by atoms with Crippen molar-refractivity contribution in [2.75, 3.05) is 25.5 Å². The normalized spacial score (nSPS) is 15.0. The Balaban J connectivity index is 1.85. The lowest BCUT2D eigenvalue weighted by molar-refractivity contribution is 0.220. The molecule has 2 heterocycles. The van der Waals surface area contributed by atoms with Crippen LogP contribution in [0.5, 0.6) is 0 Å². The van der Waals surface area contributed by atoms with Crippen LogP contribution < -0.4 is 10.6 Å². The third kappa shape index (κ3) is 6.33. The molecule has 1 aliphatic rings. The molecule has 1 aromatic carbocycles. The highest BCUT2D eigenvalue weighted by Crippen LogP contribution is 2.32. The molecule has 4 nitrogen and oxygen atoms in total. The van der Waals surface area contributed by atoms with Crippen molar-refractivity contribution >= 4 is 11.3 Å². The van der Waals surface area contributed by atoms with E-state index in [1.165, 1.54) is 37.0 Å². The van der Waals surface area contributed by atoms with Gasteiger partial charge in [0.25, 0.3) is 0 Å². The van der Waals surface area contributed by atoms with Crippen molar-refractivity contribution in [3.05, 3.63) is 103 Å². The molecule has 0 atom stereocenters. The maximum Gasteiger partial charge on any atom is 0.146 e. The Kier molecular flexibility index (Phi) is 9.00. The number of hydrogen-bond acceptors (Lipinski definition) is 4. The second-order valence-electron chi connectivity index (χ2n) is 8.46. The molecule has 0 bridgehead atoms. The second-order valence-corrected chi connectivity index (χ2v) is 8.46. The molecule has 1 saturated heterocycles. The molecule has 2 N–H and O–H groups in total. The topological polar surface area (TPSA) is 40.2 Å². The summed E-state index contributed by atoms with van der Waals surface area (Å²) in [7, 11) is 1.87. The summed E-state index contributed by atoms with van der Waals surface area (Å²) in [6.07, 6.45) is 12.1. The highest BCUT2D eigenvalue weighted by atomic mass is 19.1. The van der Waals surface area contributed by atoms with Gasteiger partial charge in [-0.2, -0.15) is 0 Å². The second kappa shape index (κ2) is 12.1. The van der Waals surface area contributed by atoms with Crippen LogP contribution in [0.25, 0.3) is 16.7 Å². The molecule has 0 saturated carbocycles. The van der Waals surface area contributed by atoms with E-state index in [4.69, 9.17) is 0 Å². The Morgan fingerprint density at radius 2 is 1.88 bits per heavy atom. The first kappa shape index (κ1) is 25.2. The van der Waals surface area contributed by atoms with E-state index >= 15 is 0 Å². The zero-order valence-corrected chi connectivity index (χ0v) is 20.3. The average molecular weight is 459 g/mol. The van der Waals surface area contributed by atoms with E-state index in [1.54, 1.807) is 13.0 Å². The lowest BCUT2D eigenvalue weighted by Crippen LogP contribution is -2.29. The van der Waals surface area contributed by atoms with Crippen molar-refractivity contribution < 1.29 is 4.39 Å². The molecule has 0 radical (unpaired) electrons. The summed E-state index contributed by atoms with van der Waals surface area (Å²) in [5, 5.41) is 6.27. The number of pyridine rings is 1. The summed E-state index contributed by atoms with van der Waals surface area (Å²) < 4.78 is 14.3. The van der Waals surface area contributed by atoms with Crippen molar-refractivity contribution in [2.24, 2.45) is 0 Å². The largest absolute Gasteiger partial charge is 0.388 e. The van der Waals surface area contributed by atoms with Gasteiger partial charge < -0.3 is 10.6 Å². The first-order chi connectivity index (χ1) is 16.5. The molecule has 5 heteroatoms. The molecule has 178 valence electrons. The first-order valence-electron chi connectivity index (χ1n) is 11.8. The number of anilines is 1. The van der Waals surface area contributed by atoms with Gasteiger partial charge in [0, 0.05) is 48.5 Å².